The summed E-state index contributed by atoms with van der Waals surface area (Å²) in [6.07, 6.45) is 1.79. The molecule has 0 saturated heterocycles. The molecule has 0 fully saturated rings. The number of thioether (sulfide) groups is 1. The van der Waals surface area contributed by atoms with Gasteiger partial charge in [0.25, 0.3) is 0 Å². The van der Waals surface area contributed by atoms with Crippen LogP contribution in [-0.4, -0.2) is 16.5 Å². The molecule has 1 aromatic heterocycles. The molecule has 0 aliphatic heterocycles. The second-order valence-electron chi connectivity index (χ2n) is 3.65. The fraction of sp³-hybridized carbons (Fsp3) is 0.231. The SMILES string of the molecule is CCNc1ncc(Br)c(SCc2ccccc2)n1. The van der Waals surface area contributed by atoms with E-state index in [0.717, 1.165) is 21.8 Å². The van der Waals surface area contributed by atoms with E-state index in [4.69, 9.17) is 0 Å². The Labute approximate surface area is 120 Å². The first-order chi connectivity index (χ1) is 8.79. The predicted octanol–water partition coefficient (Wildman–Crippen LogP) is 3.96. The minimum Gasteiger partial charge on any atom is -0.354 e. The standard InChI is InChI=1S/C13H14BrN3S/c1-2-15-13-16-8-11(14)12(17-13)18-9-10-6-4-3-5-7-10/h3-8H,2,9H2,1H3,(H,15,16,17). The number of benzene rings is 1. The van der Waals surface area contributed by atoms with Crippen molar-refractivity contribution < 1.29 is 0 Å². The number of halogens is 1. The van der Waals surface area contributed by atoms with Crippen LogP contribution in [0.25, 0.3) is 0 Å². The maximum absolute atomic E-state index is 4.47. The van der Waals surface area contributed by atoms with E-state index in [1.807, 2.05) is 13.0 Å². The van der Waals surface area contributed by atoms with Crippen LogP contribution in [-0.2, 0) is 5.75 Å². The molecule has 1 N–H and O–H groups in total. The Hall–Kier alpha value is -1.07. The quantitative estimate of drug-likeness (QED) is 0.667. The van der Waals surface area contributed by atoms with E-state index in [2.05, 4.69) is 55.5 Å². The molecular formula is C13H14BrN3S. The van der Waals surface area contributed by atoms with Gasteiger partial charge in [-0.1, -0.05) is 30.3 Å². The van der Waals surface area contributed by atoms with Gasteiger partial charge in [0.15, 0.2) is 0 Å². The lowest BCUT2D eigenvalue weighted by molar-refractivity contribution is 0.999. The molecule has 0 spiro atoms. The first kappa shape index (κ1) is 13.4. The fourth-order valence-electron chi connectivity index (χ4n) is 1.42. The summed E-state index contributed by atoms with van der Waals surface area (Å²) < 4.78 is 0.935. The molecular weight excluding hydrogens is 310 g/mol. The van der Waals surface area contributed by atoms with Gasteiger partial charge in [-0.15, -0.1) is 11.8 Å². The Bertz CT molecular complexity index is 505. The second kappa shape index (κ2) is 6.75. The average Bonchev–Trinajstić information content (AvgIpc) is 2.41. The van der Waals surface area contributed by atoms with E-state index in [0.29, 0.717) is 5.95 Å². The van der Waals surface area contributed by atoms with Gasteiger partial charge >= 0.3 is 0 Å². The van der Waals surface area contributed by atoms with E-state index in [-0.39, 0.29) is 0 Å². The molecule has 0 bridgehead atoms. The van der Waals surface area contributed by atoms with E-state index < -0.39 is 0 Å². The molecule has 0 radical (unpaired) electrons. The molecule has 1 aromatic carbocycles. The van der Waals surface area contributed by atoms with Crippen LogP contribution in [0.1, 0.15) is 12.5 Å². The third-order valence-electron chi connectivity index (χ3n) is 2.27. The van der Waals surface area contributed by atoms with Crippen molar-refractivity contribution in [3.63, 3.8) is 0 Å². The van der Waals surface area contributed by atoms with Crippen molar-refractivity contribution in [3.8, 4) is 0 Å². The van der Waals surface area contributed by atoms with Gasteiger partial charge in [0.05, 0.1) is 4.47 Å². The Morgan fingerprint density at radius 1 is 1.28 bits per heavy atom. The molecule has 3 nitrogen and oxygen atoms in total. The number of anilines is 1. The van der Waals surface area contributed by atoms with Crippen LogP contribution in [0.2, 0.25) is 0 Å². The van der Waals surface area contributed by atoms with E-state index in [1.54, 1.807) is 18.0 Å². The molecule has 0 amide bonds. The number of aromatic nitrogens is 2. The summed E-state index contributed by atoms with van der Waals surface area (Å²) in [5.74, 6) is 1.58. The Morgan fingerprint density at radius 3 is 2.78 bits per heavy atom. The number of hydrogen-bond donors (Lipinski definition) is 1. The number of rotatable bonds is 5. The van der Waals surface area contributed by atoms with Crippen LogP contribution in [0, 0.1) is 0 Å². The smallest absolute Gasteiger partial charge is 0.223 e. The molecule has 0 aliphatic carbocycles. The van der Waals surface area contributed by atoms with Gasteiger partial charge in [-0.3, -0.25) is 0 Å². The van der Waals surface area contributed by atoms with Gasteiger partial charge in [0.2, 0.25) is 5.95 Å². The molecule has 1 heterocycles. The summed E-state index contributed by atoms with van der Waals surface area (Å²) in [4.78, 5) is 8.67. The number of nitrogens with one attached hydrogen (secondary N) is 1. The van der Waals surface area contributed by atoms with Crippen molar-refractivity contribution in [2.75, 3.05) is 11.9 Å². The zero-order chi connectivity index (χ0) is 12.8. The van der Waals surface area contributed by atoms with Crippen molar-refractivity contribution in [1.82, 2.24) is 9.97 Å². The lowest BCUT2D eigenvalue weighted by Crippen LogP contribution is -2.02. The summed E-state index contributed by atoms with van der Waals surface area (Å²) in [5.41, 5.74) is 1.29. The maximum Gasteiger partial charge on any atom is 0.223 e. The van der Waals surface area contributed by atoms with Crippen molar-refractivity contribution >= 4 is 33.6 Å². The number of hydrogen-bond acceptors (Lipinski definition) is 4. The summed E-state index contributed by atoms with van der Waals surface area (Å²) >= 11 is 5.18. The highest BCUT2D eigenvalue weighted by Crippen LogP contribution is 2.28. The van der Waals surface area contributed by atoms with Crippen molar-refractivity contribution in [2.24, 2.45) is 0 Å². The Kier molecular flexibility index (Phi) is 5.01. The monoisotopic (exact) mass is 323 g/mol. The summed E-state index contributed by atoms with van der Waals surface area (Å²) in [5, 5.41) is 4.08. The molecule has 0 saturated carbocycles. The summed E-state index contributed by atoms with van der Waals surface area (Å²) in [6, 6.07) is 10.4. The minimum absolute atomic E-state index is 0.677. The van der Waals surface area contributed by atoms with Crippen LogP contribution in [0.15, 0.2) is 46.0 Å². The van der Waals surface area contributed by atoms with Crippen LogP contribution in [0.5, 0.6) is 0 Å². The molecule has 0 unspecified atom stereocenters. The van der Waals surface area contributed by atoms with Gasteiger partial charge in [0, 0.05) is 18.5 Å². The highest BCUT2D eigenvalue weighted by molar-refractivity contribution is 9.10. The van der Waals surface area contributed by atoms with E-state index in [9.17, 15) is 0 Å². The lowest BCUT2D eigenvalue weighted by Gasteiger charge is -2.06. The largest absolute Gasteiger partial charge is 0.354 e. The molecule has 5 heteroatoms. The van der Waals surface area contributed by atoms with Crippen LogP contribution < -0.4 is 5.32 Å². The van der Waals surface area contributed by atoms with Crippen molar-refractivity contribution in [3.05, 3.63) is 46.6 Å². The highest BCUT2D eigenvalue weighted by Gasteiger charge is 2.05. The fourth-order valence-corrected chi connectivity index (χ4v) is 2.79. The first-order valence-electron chi connectivity index (χ1n) is 5.72. The minimum atomic E-state index is 0.677. The van der Waals surface area contributed by atoms with Crippen LogP contribution >= 0.6 is 27.7 Å². The number of nitrogens with zero attached hydrogens (tertiary/aromatic N) is 2. The molecule has 94 valence electrons. The molecule has 0 atom stereocenters. The predicted molar refractivity (Wildman–Crippen MR) is 79.9 cm³/mol. The second-order valence-corrected chi connectivity index (χ2v) is 5.47. The summed E-state index contributed by atoms with van der Waals surface area (Å²) in [7, 11) is 0. The third kappa shape index (κ3) is 3.71. The van der Waals surface area contributed by atoms with E-state index in [1.165, 1.54) is 5.56 Å². The van der Waals surface area contributed by atoms with Crippen LogP contribution in [0.4, 0.5) is 5.95 Å². The first-order valence-corrected chi connectivity index (χ1v) is 7.50. The molecule has 2 aromatic rings. The normalized spacial score (nSPS) is 10.3. The van der Waals surface area contributed by atoms with Crippen molar-refractivity contribution in [1.29, 1.82) is 0 Å². The summed E-state index contributed by atoms with van der Waals surface area (Å²) in [6.45, 7) is 2.85. The molecule has 0 aliphatic rings. The van der Waals surface area contributed by atoms with E-state index >= 15 is 0 Å². The Morgan fingerprint density at radius 2 is 2.06 bits per heavy atom. The zero-order valence-corrected chi connectivity index (χ0v) is 12.5. The Balaban J connectivity index is 2.06. The lowest BCUT2D eigenvalue weighted by atomic mass is 10.2. The van der Waals surface area contributed by atoms with Gasteiger partial charge in [-0.05, 0) is 28.4 Å². The van der Waals surface area contributed by atoms with Gasteiger partial charge in [-0.25, -0.2) is 9.97 Å². The molecule has 2 rings (SSSR count). The average molecular weight is 324 g/mol. The van der Waals surface area contributed by atoms with Crippen molar-refractivity contribution in [2.45, 2.75) is 17.7 Å². The molecule has 18 heavy (non-hydrogen) atoms. The highest BCUT2D eigenvalue weighted by atomic mass is 79.9. The zero-order valence-electron chi connectivity index (χ0n) is 10.1. The van der Waals surface area contributed by atoms with Gasteiger partial charge in [-0.2, -0.15) is 0 Å². The van der Waals surface area contributed by atoms with Gasteiger partial charge in [0.1, 0.15) is 5.03 Å². The maximum atomic E-state index is 4.47. The van der Waals surface area contributed by atoms with Gasteiger partial charge < -0.3 is 5.32 Å². The van der Waals surface area contributed by atoms with Crippen LogP contribution in [0.3, 0.4) is 0 Å². The topological polar surface area (TPSA) is 37.8 Å². The third-order valence-corrected chi connectivity index (χ3v) is 4.17.